The van der Waals surface area contributed by atoms with Gasteiger partial charge in [0.2, 0.25) is 5.78 Å². The Balaban J connectivity index is 1.52. The fourth-order valence-corrected chi connectivity index (χ4v) is 4.13. The number of nitrogens with zero attached hydrogens (tertiary/aromatic N) is 2. The Hall–Kier alpha value is -4.26. The fraction of sp³-hybridized carbons (Fsp3) is 0.207. The van der Waals surface area contributed by atoms with Gasteiger partial charge in [0.1, 0.15) is 11.6 Å². The molecule has 2 heterocycles. The number of ketones is 1. The summed E-state index contributed by atoms with van der Waals surface area (Å²) in [5.74, 6) is -0.0863. The summed E-state index contributed by atoms with van der Waals surface area (Å²) in [5, 5.41) is 4.12. The number of aryl methyl sites for hydroxylation is 1. The molecule has 4 rings (SSSR count). The zero-order valence-corrected chi connectivity index (χ0v) is 20.7. The van der Waals surface area contributed by atoms with Crippen LogP contribution in [0.2, 0.25) is 0 Å². The largest absolute Gasteiger partial charge is 0.483 e. The summed E-state index contributed by atoms with van der Waals surface area (Å²) in [7, 11) is 0. The molecule has 0 aliphatic rings. The van der Waals surface area contributed by atoms with Crippen LogP contribution >= 0.6 is 0 Å². The number of pyridine rings is 1. The molecule has 36 heavy (non-hydrogen) atoms. The van der Waals surface area contributed by atoms with Crippen LogP contribution in [0.4, 0.5) is 4.39 Å². The Morgan fingerprint density at radius 2 is 1.83 bits per heavy atom. The van der Waals surface area contributed by atoms with Gasteiger partial charge in [-0.1, -0.05) is 32.0 Å². The van der Waals surface area contributed by atoms with E-state index in [0.29, 0.717) is 28.1 Å². The topological polar surface area (TPSA) is 72.2 Å². The first-order valence-corrected chi connectivity index (χ1v) is 11.7. The van der Waals surface area contributed by atoms with Crippen LogP contribution in [0, 0.1) is 19.7 Å². The van der Waals surface area contributed by atoms with E-state index in [4.69, 9.17) is 4.74 Å². The number of benzene rings is 2. The smallest absolute Gasteiger partial charge is 0.277 e. The predicted octanol–water partition coefficient (Wildman–Crippen LogP) is 5.58. The standard InChI is InChI=1S/C29H28FN3O3/c1-18(2)23-13-8-19(3)15-26(23)36-17-27(34)32-31-16-24-20(4)28(33-14-6-5-7-25(24)33)29(35)21-9-11-22(30)12-10-21/h5-16,18H,17H2,1-4H3,(H,32,34). The number of halogens is 1. The lowest BCUT2D eigenvalue weighted by Crippen LogP contribution is -2.25. The summed E-state index contributed by atoms with van der Waals surface area (Å²) >= 11 is 0. The minimum absolute atomic E-state index is 0.176. The second kappa shape index (κ2) is 10.6. The number of ether oxygens (including phenoxy) is 1. The Labute approximate surface area is 209 Å². The normalized spacial score (nSPS) is 11.4. The summed E-state index contributed by atoms with van der Waals surface area (Å²) in [5.41, 5.74) is 7.58. The van der Waals surface area contributed by atoms with Crippen LogP contribution in [0.5, 0.6) is 5.75 Å². The molecule has 0 unspecified atom stereocenters. The highest BCUT2D eigenvalue weighted by Gasteiger charge is 2.21. The van der Waals surface area contributed by atoms with Crippen LogP contribution in [0.25, 0.3) is 5.52 Å². The van der Waals surface area contributed by atoms with Crippen LogP contribution in [0.1, 0.15) is 58.1 Å². The lowest BCUT2D eigenvalue weighted by Gasteiger charge is -2.14. The molecule has 6 nitrogen and oxygen atoms in total. The molecule has 0 spiro atoms. The Bertz CT molecular complexity index is 1450. The van der Waals surface area contributed by atoms with Crippen molar-refractivity contribution in [2.24, 2.45) is 5.10 Å². The van der Waals surface area contributed by atoms with Crippen LogP contribution in [0.3, 0.4) is 0 Å². The van der Waals surface area contributed by atoms with Crippen LogP contribution in [0.15, 0.2) is 72.0 Å². The zero-order valence-electron chi connectivity index (χ0n) is 20.7. The molecule has 1 N–H and O–H groups in total. The summed E-state index contributed by atoms with van der Waals surface area (Å²) in [6.07, 6.45) is 3.31. The van der Waals surface area contributed by atoms with Gasteiger partial charge >= 0.3 is 0 Å². The van der Waals surface area contributed by atoms with Crippen molar-refractivity contribution in [1.82, 2.24) is 9.83 Å². The molecule has 0 saturated heterocycles. The van der Waals surface area contributed by atoms with Crippen molar-refractivity contribution in [3.63, 3.8) is 0 Å². The molecule has 184 valence electrons. The van der Waals surface area contributed by atoms with E-state index in [2.05, 4.69) is 24.4 Å². The Morgan fingerprint density at radius 3 is 2.56 bits per heavy atom. The van der Waals surface area contributed by atoms with E-state index in [1.165, 1.54) is 30.5 Å². The number of hydrogen-bond acceptors (Lipinski definition) is 4. The Morgan fingerprint density at radius 1 is 1.08 bits per heavy atom. The zero-order chi connectivity index (χ0) is 25.8. The number of fused-ring (bicyclic) bond motifs is 1. The first-order chi connectivity index (χ1) is 17.3. The van der Waals surface area contributed by atoms with E-state index < -0.39 is 11.7 Å². The highest BCUT2D eigenvalue weighted by atomic mass is 19.1. The fourth-order valence-electron chi connectivity index (χ4n) is 4.13. The highest BCUT2D eigenvalue weighted by molar-refractivity contribution is 6.12. The first-order valence-electron chi connectivity index (χ1n) is 11.7. The van der Waals surface area contributed by atoms with Gasteiger partial charge in [-0.25, -0.2) is 9.82 Å². The van der Waals surface area contributed by atoms with Gasteiger partial charge < -0.3 is 9.14 Å². The minimum atomic E-state index is -0.404. The van der Waals surface area contributed by atoms with E-state index in [1.807, 2.05) is 50.2 Å². The van der Waals surface area contributed by atoms with Crippen LogP contribution < -0.4 is 10.2 Å². The van der Waals surface area contributed by atoms with Gasteiger partial charge in [0.15, 0.2) is 6.61 Å². The molecule has 7 heteroatoms. The van der Waals surface area contributed by atoms with E-state index in [9.17, 15) is 14.0 Å². The number of amides is 1. The van der Waals surface area contributed by atoms with Gasteiger partial charge in [-0.15, -0.1) is 0 Å². The average Bonchev–Trinajstić information content (AvgIpc) is 3.14. The SMILES string of the molecule is Cc1ccc(C(C)C)c(OCC(=O)NN=Cc2c(C)c(C(=O)c3ccc(F)cc3)n3ccccc23)c1. The minimum Gasteiger partial charge on any atom is -0.483 e. The second-order valence-corrected chi connectivity index (χ2v) is 8.96. The van der Waals surface area contributed by atoms with Crippen LogP contribution in [-0.2, 0) is 4.79 Å². The maximum absolute atomic E-state index is 13.3. The van der Waals surface area contributed by atoms with Crippen molar-refractivity contribution in [2.45, 2.75) is 33.6 Å². The number of hydrazone groups is 1. The van der Waals surface area contributed by atoms with Gasteiger partial charge in [0, 0.05) is 17.3 Å². The number of hydrogen-bond donors (Lipinski definition) is 1. The van der Waals surface area contributed by atoms with Gasteiger partial charge in [-0.05, 0) is 78.9 Å². The molecule has 4 aromatic rings. The molecular weight excluding hydrogens is 457 g/mol. The monoisotopic (exact) mass is 485 g/mol. The van der Waals surface area contributed by atoms with E-state index in [0.717, 1.165) is 16.6 Å². The third-order valence-corrected chi connectivity index (χ3v) is 5.99. The van der Waals surface area contributed by atoms with Crippen molar-refractivity contribution >= 4 is 23.4 Å². The van der Waals surface area contributed by atoms with Gasteiger partial charge in [0.05, 0.1) is 17.4 Å². The van der Waals surface area contributed by atoms with Crippen molar-refractivity contribution in [3.05, 3.63) is 106 Å². The number of carbonyl (C=O) groups is 2. The molecule has 0 aliphatic carbocycles. The number of aromatic nitrogens is 1. The van der Waals surface area contributed by atoms with Crippen molar-refractivity contribution in [3.8, 4) is 5.75 Å². The van der Waals surface area contributed by atoms with E-state index in [-0.39, 0.29) is 18.3 Å². The lowest BCUT2D eigenvalue weighted by molar-refractivity contribution is -0.123. The number of carbonyl (C=O) groups excluding carboxylic acids is 2. The summed E-state index contributed by atoms with van der Waals surface area (Å²) in [4.78, 5) is 25.6. The predicted molar refractivity (Wildman–Crippen MR) is 138 cm³/mol. The molecule has 0 aliphatic heterocycles. The molecule has 1 amide bonds. The maximum Gasteiger partial charge on any atom is 0.277 e. The molecule has 0 atom stereocenters. The summed E-state index contributed by atoms with van der Waals surface area (Å²) in [6, 6.07) is 17.0. The summed E-state index contributed by atoms with van der Waals surface area (Å²) < 4.78 is 20.9. The molecule has 2 aromatic carbocycles. The molecule has 0 radical (unpaired) electrons. The van der Waals surface area contributed by atoms with Gasteiger partial charge in [-0.2, -0.15) is 5.10 Å². The third kappa shape index (κ3) is 5.20. The second-order valence-electron chi connectivity index (χ2n) is 8.96. The van der Waals surface area contributed by atoms with Gasteiger partial charge in [-0.3, -0.25) is 9.59 Å². The number of rotatable bonds is 8. The lowest BCUT2D eigenvalue weighted by atomic mass is 10.0. The van der Waals surface area contributed by atoms with E-state index in [1.54, 1.807) is 10.6 Å². The Kier molecular flexibility index (Phi) is 7.29. The quantitative estimate of drug-likeness (QED) is 0.201. The average molecular weight is 486 g/mol. The molecular formula is C29H28FN3O3. The van der Waals surface area contributed by atoms with Crippen LogP contribution in [-0.4, -0.2) is 28.9 Å². The van der Waals surface area contributed by atoms with Crippen molar-refractivity contribution in [1.29, 1.82) is 0 Å². The molecule has 2 aromatic heterocycles. The van der Waals surface area contributed by atoms with Crippen molar-refractivity contribution in [2.75, 3.05) is 6.61 Å². The van der Waals surface area contributed by atoms with Gasteiger partial charge in [0.25, 0.3) is 5.91 Å². The highest BCUT2D eigenvalue weighted by Crippen LogP contribution is 2.27. The molecule has 0 saturated carbocycles. The molecule has 0 bridgehead atoms. The third-order valence-electron chi connectivity index (χ3n) is 5.99. The summed E-state index contributed by atoms with van der Waals surface area (Å²) in [6.45, 7) is 7.76. The van der Waals surface area contributed by atoms with Crippen molar-refractivity contribution < 1.29 is 18.7 Å². The number of nitrogens with one attached hydrogen (secondary N) is 1. The van der Waals surface area contributed by atoms with E-state index >= 15 is 0 Å². The molecule has 0 fully saturated rings. The maximum atomic E-state index is 13.3. The first kappa shape index (κ1) is 24.9.